The molecule has 4 rings (SSSR count). The molecule has 3 amide bonds. The fraction of sp³-hybridized carbons (Fsp3) is 0.882. The SMILES string of the molecule is C[C@H]1CN(C(=O)OC(C)(C)C)CCN1.C[C@H]1CN(C(=O)OC(C)(C)C)CCN1C(=O)C1CCC(F)(F)CC1.O=C(O)C1CCC(F)(F)CC1. The Labute approximate surface area is 288 Å². The monoisotopic (exact) mass is 710 g/mol. The molecule has 284 valence electrons. The highest BCUT2D eigenvalue weighted by Crippen LogP contribution is 2.38. The van der Waals surface area contributed by atoms with Crippen LogP contribution < -0.4 is 5.32 Å². The summed E-state index contributed by atoms with van der Waals surface area (Å²) in [6.07, 6.45) is -0.843. The predicted molar refractivity (Wildman–Crippen MR) is 176 cm³/mol. The number of aliphatic carboxylic acids is 1. The number of carbonyl (C=O) groups is 4. The van der Waals surface area contributed by atoms with Crippen LogP contribution in [0.15, 0.2) is 0 Å². The van der Waals surface area contributed by atoms with Crippen molar-refractivity contribution in [2.75, 3.05) is 39.3 Å². The fourth-order valence-corrected chi connectivity index (χ4v) is 6.01. The number of piperazine rings is 2. The van der Waals surface area contributed by atoms with E-state index in [9.17, 15) is 36.7 Å². The van der Waals surface area contributed by atoms with Gasteiger partial charge in [-0.05, 0) is 81.1 Å². The van der Waals surface area contributed by atoms with Gasteiger partial charge in [0.2, 0.25) is 17.8 Å². The van der Waals surface area contributed by atoms with Gasteiger partial charge in [-0.1, -0.05) is 0 Å². The minimum atomic E-state index is -2.63. The van der Waals surface area contributed by atoms with E-state index in [0.29, 0.717) is 25.7 Å². The third kappa shape index (κ3) is 15.3. The lowest BCUT2D eigenvalue weighted by molar-refractivity contribution is -0.146. The maximum atomic E-state index is 13.3. The summed E-state index contributed by atoms with van der Waals surface area (Å²) in [4.78, 5) is 51.8. The molecule has 0 spiro atoms. The first-order valence-electron chi connectivity index (χ1n) is 17.4. The lowest BCUT2D eigenvalue weighted by atomic mass is 9.85. The van der Waals surface area contributed by atoms with Crippen LogP contribution in [0.25, 0.3) is 0 Å². The lowest BCUT2D eigenvalue weighted by Crippen LogP contribution is -2.57. The summed E-state index contributed by atoms with van der Waals surface area (Å²) >= 11 is 0. The molecule has 0 aromatic heterocycles. The number of rotatable bonds is 2. The number of carboxylic acid groups (broad SMARTS) is 1. The van der Waals surface area contributed by atoms with Gasteiger partial charge in [0, 0.05) is 83.0 Å². The average molecular weight is 711 g/mol. The molecule has 0 bridgehead atoms. The van der Waals surface area contributed by atoms with Gasteiger partial charge in [0.1, 0.15) is 11.2 Å². The molecule has 11 nitrogen and oxygen atoms in total. The van der Waals surface area contributed by atoms with E-state index in [4.69, 9.17) is 14.6 Å². The minimum Gasteiger partial charge on any atom is -0.481 e. The molecule has 4 fully saturated rings. The largest absolute Gasteiger partial charge is 0.481 e. The molecule has 15 heteroatoms. The number of hydrogen-bond donors (Lipinski definition) is 2. The fourth-order valence-electron chi connectivity index (χ4n) is 6.01. The van der Waals surface area contributed by atoms with E-state index in [1.807, 2.05) is 48.5 Å². The number of carboxylic acids is 1. The second kappa shape index (κ2) is 17.4. The van der Waals surface area contributed by atoms with E-state index in [-0.39, 0.29) is 81.4 Å². The summed E-state index contributed by atoms with van der Waals surface area (Å²) in [6.45, 7) is 18.6. The molecule has 2 atom stereocenters. The molecule has 0 unspecified atom stereocenters. The molecule has 0 aromatic carbocycles. The van der Waals surface area contributed by atoms with Crippen molar-refractivity contribution in [1.29, 1.82) is 0 Å². The number of amides is 3. The molecule has 4 aliphatic rings. The summed E-state index contributed by atoms with van der Waals surface area (Å²) in [6, 6.07) is 0.220. The van der Waals surface area contributed by atoms with Crippen LogP contribution in [0.4, 0.5) is 27.2 Å². The smallest absolute Gasteiger partial charge is 0.410 e. The Morgan fingerprint density at radius 1 is 0.694 bits per heavy atom. The average Bonchev–Trinajstić information content (AvgIpc) is 2.95. The maximum absolute atomic E-state index is 13.3. The molecule has 2 aliphatic heterocycles. The van der Waals surface area contributed by atoms with Gasteiger partial charge in [-0.25, -0.2) is 27.2 Å². The van der Waals surface area contributed by atoms with Crippen LogP contribution in [0.5, 0.6) is 0 Å². The number of halogens is 4. The van der Waals surface area contributed by atoms with Crippen LogP contribution in [0.2, 0.25) is 0 Å². The third-order valence-corrected chi connectivity index (χ3v) is 8.72. The number of hydrogen-bond acceptors (Lipinski definition) is 7. The second-order valence-corrected chi connectivity index (χ2v) is 15.7. The van der Waals surface area contributed by atoms with E-state index in [0.717, 1.165) is 19.6 Å². The van der Waals surface area contributed by atoms with Crippen molar-refractivity contribution in [2.45, 2.75) is 142 Å². The topological polar surface area (TPSA) is 129 Å². The Bertz CT molecular complexity index is 1110. The van der Waals surface area contributed by atoms with Crippen molar-refractivity contribution >= 4 is 24.1 Å². The van der Waals surface area contributed by atoms with Crippen LogP contribution in [0.1, 0.15) is 107 Å². The van der Waals surface area contributed by atoms with Crippen molar-refractivity contribution in [3.05, 3.63) is 0 Å². The van der Waals surface area contributed by atoms with Crippen molar-refractivity contribution in [2.24, 2.45) is 11.8 Å². The quantitative estimate of drug-likeness (QED) is 0.316. The molecule has 49 heavy (non-hydrogen) atoms. The number of ether oxygens (including phenoxy) is 2. The van der Waals surface area contributed by atoms with Gasteiger partial charge < -0.3 is 34.6 Å². The van der Waals surface area contributed by atoms with Crippen molar-refractivity contribution in [3.8, 4) is 0 Å². The molecule has 2 N–H and O–H groups in total. The summed E-state index contributed by atoms with van der Waals surface area (Å²) in [5, 5.41) is 11.7. The number of carbonyl (C=O) groups excluding carboxylic acids is 3. The van der Waals surface area contributed by atoms with E-state index >= 15 is 0 Å². The zero-order chi connectivity index (χ0) is 37.4. The van der Waals surface area contributed by atoms with Gasteiger partial charge >= 0.3 is 18.2 Å². The Morgan fingerprint density at radius 3 is 1.51 bits per heavy atom. The summed E-state index contributed by atoms with van der Waals surface area (Å²) in [7, 11) is 0. The molecule has 0 radical (unpaired) electrons. The first-order chi connectivity index (χ1) is 22.4. The van der Waals surface area contributed by atoms with Gasteiger partial charge in [-0.15, -0.1) is 0 Å². The van der Waals surface area contributed by atoms with E-state index in [1.54, 1.807) is 14.7 Å². The van der Waals surface area contributed by atoms with Crippen molar-refractivity contribution in [1.82, 2.24) is 20.0 Å². The Kier molecular flexibility index (Phi) is 15.0. The zero-order valence-corrected chi connectivity index (χ0v) is 30.5. The van der Waals surface area contributed by atoms with Crippen LogP contribution in [0, 0.1) is 11.8 Å². The predicted octanol–water partition coefficient (Wildman–Crippen LogP) is 6.39. The zero-order valence-electron chi connectivity index (χ0n) is 30.5. The molecule has 2 saturated heterocycles. The van der Waals surface area contributed by atoms with Gasteiger partial charge in [-0.3, -0.25) is 9.59 Å². The highest BCUT2D eigenvalue weighted by atomic mass is 19.3. The second-order valence-electron chi connectivity index (χ2n) is 15.7. The standard InChI is InChI=1S/C17H28F2N2O3.C10H20N2O2.C7H10F2O2/c1-12-11-20(15(23)24-16(2,3)4)9-10-21(12)14(22)13-5-7-17(18,19)8-6-13;1-8-7-12(6-5-11-8)9(13)14-10(2,3)4;8-7(9)3-1-5(2-4-7)6(10)11/h12-13H,5-11H2,1-4H3;8,11H,5-7H2,1-4H3;5H,1-4H2,(H,10,11)/t12-;8-;/m00./s1. The van der Waals surface area contributed by atoms with Gasteiger partial charge in [0.05, 0.1) is 5.92 Å². The normalized spacial score (nSPS) is 24.8. The van der Waals surface area contributed by atoms with Gasteiger partial charge in [0.15, 0.2) is 0 Å². The van der Waals surface area contributed by atoms with E-state index in [2.05, 4.69) is 12.2 Å². The minimum absolute atomic E-state index is 0.0539. The summed E-state index contributed by atoms with van der Waals surface area (Å²) < 4.78 is 62.0. The van der Waals surface area contributed by atoms with Crippen molar-refractivity contribution in [3.63, 3.8) is 0 Å². The summed E-state index contributed by atoms with van der Waals surface area (Å²) in [5.74, 6) is -7.11. The molecule has 2 aliphatic carbocycles. The van der Waals surface area contributed by atoms with Gasteiger partial charge in [0.25, 0.3) is 0 Å². The Hall–Kier alpha value is -2.84. The van der Waals surface area contributed by atoms with Crippen LogP contribution in [-0.4, -0.2) is 118 Å². The van der Waals surface area contributed by atoms with Crippen LogP contribution >= 0.6 is 0 Å². The third-order valence-electron chi connectivity index (χ3n) is 8.72. The molecular formula is C34H58F4N4O7. The molecule has 2 saturated carbocycles. The lowest BCUT2D eigenvalue weighted by Gasteiger charge is -2.42. The Balaban J connectivity index is 0.000000282. The van der Waals surface area contributed by atoms with Crippen LogP contribution in [-0.2, 0) is 19.1 Å². The first kappa shape index (κ1) is 42.3. The van der Waals surface area contributed by atoms with Gasteiger partial charge in [-0.2, -0.15) is 0 Å². The molecule has 2 heterocycles. The number of alkyl halides is 4. The van der Waals surface area contributed by atoms with Crippen LogP contribution in [0.3, 0.4) is 0 Å². The van der Waals surface area contributed by atoms with E-state index in [1.165, 1.54) is 0 Å². The number of nitrogens with zero attached hydrogens (tertiary/aromatic N) is 3. The molecule has 0 aromatic rings. The highest BCUT2D eigenvalue weighted by molar-refractivity contribution is 5.80. The highest BCUT2D eigenvalue weighted by Gasteiger charge is 2.41. The molecular weight excluding hydrogens is 652 g/mol. The van der Waals surface area contributed by atoms with Crippen molar-refractivity contribution < 1.29 is 51.3 Å². The van der Waals surface area contributed by atoms with E-state index < -0.39 is 34.9 Å². The Morgan fingerprint density at radius 2 is 1.12 bits per heavy atom. The summed E-state index contributed by atoms with van der Waals surface area (Å²) in [5.41, 5.74) is -0.953. The maximum Gasteiger partial charge on any atom is 0.410 e. The number of nitrogens with one attached hydrogen (secondary N) is 1. The first-order valence-corrected chi connectivity index (χ1v) is 17.4.